The number of ether oxygens (including phenoxy) is 1. The van der Waals surface area contributed by atoms with Gasteiger partial charge in [-0.2, -0.15) is 0 Å². The number of phenolic OH excluding ortho intramolecular Hbond substituents is 1. The summed E-state index contributed by atoms with van der Waals surface area (Å²) in [4.78, 5) is 29.4. The highest BCUT2D eigenvalue weighted by Gasteiger charge is 2.52. The van der Waals surface area contributed by atoms with Gasteiger partial charge in [0.05, 0.1) is 6.61 Å². The molecule has 25 heavy (non-hydrogen) atoms. The zero-order chi connectivity index (χ0) is 18.0. The summed E-state index contributed by atoms with van der Waals surface area (Å²) in [6, 6.07) is 3.58. The van der Waals surface area contributed by atoms with E-state index >= 15 is 0 Å². The molecule has 2 aliphatic rings. The predicted octanol–water partition coefficient (Wildman–Crippen LogP) is 1.77. The second kappa shape index (κ2) is 7.00. The fraction of sp³-hybridized carbons (Fsp3) is 0.556. The first-order valence-corrected chi connectivity index (χ1v) is 8.58. The number of benzene rings is 1. The highest BCUT2D eigenvalue weighted by Crippen LogP contribution is 2.39. The SMILES string of the molecule is COCCN1CCCC2(CCCN2C(=O)c2ccc(O)c(F)c2)C1=O. The van der Waals surface area contributed by atoms with E-state index in [0.717, 1.165) is 18.9 Å². The molecule has 0 aromatic heterocycles. The van der Waals surface area contributed by atoms with Crippen molar-refractivity contribution in [2.75, 3.05) is 33.4 Å². The van der Waals surface area contributed by atoms with E-state index in [4.69, 9.17) is 4.74 Å². The average Bonchev–Trinajstić information content (AvgIpc) is 3.02. The first-order valence-electron chi connectivity index (χ1n) is 8.58. The molecule has 1 unspecified atom stereocenters. The van der Waals surface area contributed by atoms with Crippen LogP contribution in [-0.4, -0.2) is 65.6 Å². The van der Waals surface area contributed by atoms with Crippen molar-refractivity contribution < 1.29 is 23.8 Å². The number of piperidine rings is 1. The Morgan fingerprint density at radius 3 is 2.72 bits per heavy atom. The van der Waals surface area contributed by atoms with Gasteiger partial charge in [0.1, 0.15) is 5.54 Å². The van der Waals surface area contributed by atoms with Crippen LogP contribution in [0.5, 0.6) is 5.75 Å². The molecule has 0 aliphatic carbocycles. The zero-order valence-electron chi connectivity index (χ0n) is 14.3. The minimum atomic E-state index is -0.837. The van der Waals surface area contributed by atoms with Crippen molar-refractivity contribution in [3.05, 3.63) is 29.6 Å². The minimum absolute atomic E-state index is 0.0408. The summed E-state index contributed by atoms with van der Waals surface area (Å²) >= 11 is 0. The maximum Gasteiger partial charge on any atom is 0.254 e. The average molecular weight is 350 g/mol. The number of hydrogen-bond acceptors (Lipinski definition) is 4. The van der Waals surface area contributed by atoms with Crippen molar-refractivity contribution in [1.29, 1.82) is 0 Å². The highest BCUT2D eigenvalue weighted by molar-refractivity contribution is 6.00. The Hall–Kier alpha value is -2.15. The monoisotopic (exact) mass is 350 g/mol. The number of carbonyl (C=O) groups excluding carboxylic acids is 2. The lowest BCUT2D eigenvalue weighted by Crippen LogP contribution is -2.61. The third-order valence-electron chi connectivity index (χ3n) is 5.20. The molecule has 1 N–H and O–H groups in total. The fourth-order valence-corrected chi connectivity index (χ4v) is 3.93. The van der Waals surface area contributed by atoms with E-state index in [2.05, 4.69) is 0 Å². The predicted molar refractivity (Wildman–Crippen MR) is 88.8 cm³/mol. The summed E-state index contributed by atoms with van der Waals surface area (Å²) < 4.78 is 18.7. The molecule has 0 radical (unpaired) electrons. The normalized spacial score (nSPS) is 23.5. The van der Waals surface area contributed by atoms with Crippen LogP contribution in [0.4, 0.5) is 4.39 Å². The smallest absolute Gasteiger partial charge is 0.254 e. The molecular formula is C18H23FN2O4. The second-order valence-electron chi connectivity index (χ2n) is 6.65. The fourth-order valence-electron chi connectivity index (χ4n) is 3.93. The Kier molecular flexibility index (Phi) is 4.94. The number of carbonyl (C=O) groups is 2. The standard InChI is InChI=1S/C18H23FN2O4/c1-25-11-10-20-8-2-6-18(17(20)24)7-3-9-21(18)16(23)13-4-5-15(22)14(19)12-13/h4-5,12,22H,2-3,6-11H2,1H3. The van der Waals surface area contributed by atoms with Crippen LogP contribution in [0.3, 0.4) is 0 Å². The Balaban J connectivity index is 1.86. The number of hydrogen-bond donors (Lipinski definition) is 1. The van der Waals surface area contributed by atoms with Crippen LogP contribution >= 0.6 is 0 Å². The van der Waals surface area contributed by atoms with Gasteiger partial charge in [-0.3, -0.25) is 9.59 Å². The Labute approximate surface area is 146 Å². The quantitative estimate of drug-likeness (QED) is 0.899. The van der Waals surface area contributed by atoms with E-state index in [0.29, 0.717) is 39.1 Å². The van der Waals surface area contributed by atoms with Crippen molar-refractivity contribution in [2.24, 2.45) is 0 Å². The highest BCUT2D eigenvalue weighted by atomic mass is 19.1. The molecule has 2 aliphatic heterocycles. The molecule has 3 rings (SSSR count). The van der Waals surface area contributed by atoms with Crippen LogP contribution in [0.15, 0.2) is 18.2 Å². The molecular weight excluding hydrogens is 327 g/mol. The topological polar surface area (TPSA) is 70.1 Å². The summed E-state index contributed by atoms with van der Waals surface area (Å²) in [7, 11) is 1.59. The van der Waals surface area contributed by atoms with Crippen molar-refractivity contribution in [3.63, 3.8) is 0 Å². The Bertz CT molecular complexity index is 681. The van der Waals surface area contributed by atoms with Crippen molar-refractivity contribution in [1.82, 2.24) is 9.80 Å². The number of amides is 2. The maximum absolute atomic E-state index is 13.6. The molecule has 7 heteroatoms. The van der Waals surface area contributed by atoms with Crippen molar-refractivity contribution in [2.45, 2.75) is 31.2 Å². The van der Waals surface area contributed by atoms with Crippen molar-refractivity contribution in [3.8, 4) is 5.75 Å². The van der Waals surface area contributed by atoms with Crippen LogP contribution in [-0.2, 0) is 9.53 Å². The van der Waals surface area contributed by atoms with Gasteiger partial charge >= 0.3 is 0 Å². The van der Waals surface area contributed by atoms with E-state index in [9.17, 15) is 19.1 Å². The first kappa shape index (κ1) is 17.7. The molecule has 6 nitrogen and oxygen atoms in total. The van der Waals surface area contributed by atoms with Gasteiger partial charge in [-0.1, -0.05) is 0 Å². The lowest BCUT2D eigenvalue weighted by Gasteiger charge is -2.44. The molecule has 2 heterocycles. The van der Waals surface area contributed by atoms with E-state index in [1.807, 2.05) is 0 Å². The second-order valence-corrected chi connectivity index (χ2v) is 6.65. The summed E-state index contributed by atoms with van der Waals surface area (Å²) in [5, 5.41) is 9.32. The molecule has 136 valence electrons. The molecule has 1 atom stereocenters. The number of phenols is 1. The first-order chi connectivity index (χ1) is 12.0. The summed E-state index contributed by atoms with van der Waals surface area (Å²) in [6.45, 7) is 2.11. The van der Waals surface area contributed by atoms with Crippen LogP contribution in [0.2, 0.25) is 0 Å². The van der Waals surface area contributed by atoms with E-state index in [-0.39, 0.29) is 17.4 Å². The third kappa shape index (κ3) is 3.08. The number of nitrogens with zero attached hydrogens (tertiary/aromatic N) is 2. The van der Waals surface area contributed by atoms with E-state index < -0.39 is 17.1 Å². The maximum atomic E-state index is 13.6. The summed E-state index contributed by atoms with van der Waals surface area (Å²) in [5.74, 6) is -1.73. The van der Waals surface area contributed by atoms with Gasteiger partial charge in [-0.05, 0) is 43.9 Å². The zero-order valence-corrected chi connectivity index (χ0v) is 14.3. The number of methoxy groups -OCH3 is 1. The molecule has 2 fully saturated rings. The van der Waals surface area contributed by atoms with Gasteiger partial charge in [0.25, 0.3) is 5.91 Å². The Morgan fingerprint density at radius 2 is 2.04 bits per heavy atom. The van der Waals surface area contributed by atoms with Gasteiger partial charge in [0.2, 0.25) is 5.91 Å². The van der Waals surface area contributed by atoms with E-state index in [1.54, 1.807) is 16.9 Å². The molecule has 1 aromatic rings. The van der Waals surface area contributed by atoms with Crippen molar-refractivity contribution >= 4 is 11.8 Å². The Morgan fingerprint density at radius 1 is 1.32 bits per heavy atom. The molecule has 1 spiro atoms. The summed E-state index contributed by atoms with van der Waals surface area (Å²) in [5.41, 5.74) is -0.685. The third-order valence-corrected chi connectivity index (χ3v) is 5.20. The molecule has 0 saturated carbocycles. The van der Waals surface area contributed by atoms with Gasteiger partial charge in [-0.25, -0.2) is 4.39 Å². The number of likely N-dealkylation sites (tertiary alicyclic amines) is 2. The van der Waals surface area contributed by atoms with Gasteiger partial charge in [-0.15, -0.1) is 0 Å². The van der Waals surface area contributed by atoms with Gasteiger partial charge in [0, 0.05) is 32.3 Å². The van der Waals surface area contributed by atoms with Crippen LogP contribution in [0.25, 0.3) is 0 Å². The molecule has 2 amide bonds. The molecule has 2 saturated heterocycles. The number of halogens is 1. The van der Waals surface area contributed by atoms with Crippen LogP contribution in [0.1, 0.15) is 36.0 Å². The van der Waals surface area contributed by atoms with Crippen LogP contribution < -0.4 is 0 Å². The van der Waals surface area contributed by atoms with Gasteiger partial charge < -0.3 is 19.6 Å². The number of rotatable bonds is 4. The lowest BCUT2D eigenvalue weighted by molar-refractivity contribution is -0.146. The largest absolute Gasteiger partial charge is 0.505 e. The lowest BCUT2D eigenvalue weighted by atomic mass is 9.85. The summed E-state index contributed by atoms with van der Waals surface area (Å²) in [6.07, 6.45) is 2.82. The van der Waals surface area contributed by atoms with Crippen LogP contribution in [0, 0.1) is 5.82 Å². The number of aromatic hydroxyl groups is 1. The molecule has 0 bridgehead atoms. The minimum Gasteiger partial charge on any atom is -0.505 e. The van der Waals surface area contributed by atoms with Gasteiger partial charge in [0.15, 0.2) is 11.6 Å². The molecule has 1 aromatic carbocycles. The van der Waals surface area contributed by atoms with E-state index in [1.165, 1.54) is 12.1 Å².